The largest absolute Gasteiger partial charge is 0.494 e. The van der Waals surface area contributed by atoms with Crippen molar-refractivity contribution in [1.82, 2.24) is 9.97 Å². The van der Waals surface area contributed by atoms with E-state index in [4.69, 9.17) is 19.4 Å². The first-order valence-corrected chi connectivity index (χ1v) is 11.0. The van der Waals surface area contributed by atoms with E-state index in [0.29, 0.717) is 32.2 Å². The molecule has 7 heteroatoms. The Labute approximate surface area is 192 Å². The number of hydrogen-bond acceptors (Lipinski definition) is 6. The predicted octanol–water partition coefficient (Wildman–Crippen LogP) is 4.97. The van der Waals surface area contributed by atoms with E-state index in [0.717, 1.165) is 22.3 Å². The molecule has 1 atom stereocenters. The van der Waals surface area contributed by atoms with E-state index in [2.05, 4.69) is 22.3 Å². The van der Waals surface area contributed by atoms with E-state index in [1.165, 1.54) is 18.7 Å². The lowest BCUT2D eigenvalue weighted by Gasteiger charge is -2.33. The number of ether oxygens (including phenoxy) is 2. The van der Waals surface area contributed by atoms with Gasteiger partial charge in [0.05, 0.1) is 25.8 Å². The Kier molecular flexibility index (Phi) is 6.04. The minimum atomic E-state index is -0.388. The van der Waals surface area contributed by atoms with E-state index in [1.54, 1.807) is 12.1 Å². The van der Waals surface area contributed by atoms with Gasteiger partial charge in [-0.3, -0.25) is 0 Å². The molecule has 6 nitrogen and oxygen atoms in total. The highest BCUT2D eigenvalue weighted by atomic mass is 19.1. The van der Waals surface area contributed by atoms with Crippen LogP contribution in [0.1, 0.15) is 17.2 Å². The Bertz CT molecular complexity index is 1250. The van der Waals surface area contributed by atoms with Crippen LogP contribution in [-0.4, -0.2) is 36.8 Å². The highest BCUT2D eigenvalue weighted by molar-refractivity contribution is 5.90. The van der Waals surface area contributed by atoms with Crippen LogP contribution in [0.15, 0.2) is 72.8 Å². The molecule has 0 saturated carbocycles. The molecule has 0 radical (unpaired) electrons. The van der Waals surface area contributed by atoms with Crippen LogP contribution in [0.3, 0.4) is 0 Å². The molecule has 1 saturated heterocycles. The van der Waals surface area contributed by atoms with Crippen molar-refractivity contribution in [2.75, 3.05) is 37.0 Å². The van der Waals surface area contributed by atoms with Crippen LogP contribution in [0.25, 0.3) is 10.9 Å². The standard InChI is InChI=1S/C26H25FN4O2/c1-32-23-15-19(11-12-21(23)27)24-17-31(13-14-33-24)26-29-22-10-6-5-9-20(22)25(30-26)28-16-18-7-3-2-4-8-18/h2-12,15,24H,13-14,16-17H2,1H3,(H,28,29,30). The molecule has 2 heterocycles. The Morgan fingerprint density at radius 1 is 1.06 bits per heavy atom. The average molecular weight is 445 g/mol. The average Bonchev–Trinajstić information content (AvgIpc) is 2.88. The summed E-state index contributed by atoms with van der Waals surface area (Å²) < 4.78 is 25.0. The molecule has 1 aliphatic heterocycles. The monoisotopic (exact) mass is 444 g/mol. The third kappa shape index (κ3) is 4.59. The lowest BCUT2D eigenvalue weighted by Crippen LogP contribution is -2.39. The quantitative estimate of drug-likeness (QED) is 0.453. The summed E-state index contributed by atoms with van der Waals surface area (Å²) in [7, 11) is 1.46. The molecule has 1 aromatic heterocycles. The molecule has 0 amide bonds. The van der Waals surface area contributed by atoms with Crippen LogP contribution in [0.5, 0.6) is 5.75 Å². The lowest BCUT2D eigenvalue weighted by atomic mass is 10.1. The van der Waals surface area contributed by atoms with Crippen LogP contribution in [0, 0.1) is 5.82 Å². The Morgan fingerprint density at radius 2 is 1.88 bits per heavy atom. The third-order valence-corrected chi connectivity index (χ3v) is 5.79. The number of anilines is 2. The van der Waals surface area contributed by atoms with Crippen molar-refractivity contribution < 1.29 is 13.9 Å². The molecule has 4 aromatic rings. The summed E-state index contributed by atoms with van der Waals surface area (Å²) in [6, 6.07) is 23.1. The number of nitrogens with one attached hydrogen (secondary N) is 1. The summed E-state index contributed by atoms with van der Waals surface area (Å²) >= 11 is 0. The number of benzene rings is 3. The van der Waals surface area contributed by atoms with Crippen LogP contribution in [0.4, 0.5) is 16.2 Å². The van der Waals surface area contributed by atoms with Crippen molar-refractivity contribution in [1.29, 1.82) is 0 Å². The van der Waals surface area contributed by atoms with Gasteiger partial charge < -0.3 is 19.7 Å². The van der Waals surface area contributed by atoms with Gasteiger partial charge in [0.25, 0.3) is 0 Å². The smallest absolute Gasteiger partial charge is 0.228 e. The Hall–Kier alpha value is -3.71. The van der Waals surface area contributed by atoms with Gasteiger partial charge in [-0.15, -0.1) is 0 Å². The topological polar surface area (TPSA) is 59.5 Å². The van der Waals surface area contributed by atoms with E-state index in [1.807, 2.05) is 42.5 Å². The summed E-state index contributed by atoms with van der Waals surface area (Å²) in [6.45, 7) is 2.42. The summed E-state index contributed by atoms with van der Waals surface area (Å²) in [5.41, 5.74) is 2.92. The van der Waals surface area contributed by atoms with Crippen molar-refractivity contribution in [3.63, 3.8) is 0 Å². The van der Waals surface area contributed by atoms with Crippen LogP contribution in [0.2, 0.25) is 0 Å². The highest BCUT2D eigenvalue weighted by Gasteiger charge is 2.25. The summed E-state index contributed by atoms with van der Waals surface area (Å²) in [4.78, 5) is 11.8. The minimum Gasteiger partial charge on any atom is -0.494 e. The second kappa shape index (κ2) is 9.42. The fraction of sp³-hybridized carbons (Fsp3) is 0.231. The minimum absolute atomic E-state index is 0.211. The summed E-state index contributed by atoms with van der Waals surface area (Å²) in [6.07, 6.45) is -0.232. The maximum Gasteiger partial charge on any atom is 0.228 e. The van der Waals surface area contributed by atoms with E-state index >= 15 is 0 Å². The van der Waals surface area contributed by atoms with Gasteiger partial charge in [-0.25, -0.2) is 9.37 Å². The highest BCUT2D eigenvalue weighted by Crippen LogP contribution is 2.30. The number of aromatic nitrogens is 2. The number of rotatable bonds is 6. The second-order valence-corrected chi connectivity index (χ2v) is 7.93. The first-order chi connectivity index (χ1) is 16.2. The molecule has 1 unspecified atom stereocenters. The number of para-hydroxylation sites is 1. The maximum atomic E-state index is 13.9. The normalized spacial score (nSPS) is 16.1. The van der Waals surface area contributed by atoms with Crippen LogP contribution in [-0.2, 0) is 11.3 Å². The van der Waals surface area contributed by atoms with Gasteiger partial charge >= 0.3 is 0 Å². The van der Waals surface area contributed by atoms with Crippen molar-refractivity contribution in [2.24, 2.45) is 0 Å². The molecular formula is C26H25FN4O2. The fourth-order valence-electron chi connectivity index (χ4n) is 4.03. The van der Waals surface area contributed by atoms with Gasteiger partial charge in [0, 0.05) is 18.5 Å². The number of methoxy groups -OCH3 is 1. The number of nitrogens with zero attached hydrogens (tertiary/aromatic N) is 3. The zero-order valence-electron chi connectivity index (χ0n) is 18.4. The van der Waals surface area contributed by atoms with E-state index in [9.17, 15) is 4.39 Å². The van der Waals surface area contributed by atoms with Gasteiger partial charge in [0.1, 0.15) is 11.9 Å². The molecule has 1 fully saturated rings. The molecule has 0 aliphatic carbocycles. The SMILES string of the molecule is COc1cc(C2CN(c3nc(NCc4ccccc4)c4ccccc4n3)CCO2)ccc1F. The van der Waals surface area contributed by atoms with Crippen LogP contribution < -0.4 is 15.0 Å². The third-order valence-electron chi connectivity index (χ3n) is 5.79. The van der Waals surface area contributed by atoms with E-state index < -0.39 is 0 Å². The van der Waals surface area contributed by atoms with Crippen LogP contribution >= 0.6 is 0 Å². The molecule has 1 N–H and O–H groups in total. The molecule has 3 aromatic carbocycles. The van der Waals surface area contributed by atoms with Crippen molar-refractivity contribution >= 4 is 22.7 Å². The number of halogens is 1. The lowest BCUT2D eigenvalue weighted by molar-refractivity contribution is 0.0391. The number of morpholine rings is 1. The molecule has 33 heavy (non-hydrogen) atoms. The summed E-state index contributed by atoms with van der Waals surface area (Å²) in [5, 5.41) is 4.46. The van der Waals surface area contributed by atoms with E-state index in [-0.39, 0.29) is 17.7 Å². The van der Waals surface area contributed by atoms with Gasteiger partial charge in [0.15, 0.2) is 11.6 Å². The second-order valence-electron chi connectivity index (χ2n) is 7.93. The number of fused-ring (bicyclic) bond motifs is 1. The maximum absolute atomic E-state index is 13.9. The Balaban J connectivity index is 1.42. The zero-order valence-corrected chi connectivity index (χ0v) is 18.4. The first kappa shape index (κ1) is 21.2. The van der Waals surface area contributed by atoms with Gasteiger partial charge in [-0.2, -0.15) is 4.98 Å². The van der Waals surface area contributed by atoms with Crippen molar-refractivity contribution in [3.05, 3.63) is 89.7 Å². The zero-order chi connectivity index (χ0) is 22.6. The summed E-state index contributed by atoms with van der Waals surface area (Å²) in [5.74, 6) is 1.26. The molecule has 168 valence electrons. The molecular weight excluding hydrogens is 419 g/mol. The molecule has 5 rings (SSSR count). The first-order valence-electron chi connectivity index (χ1n) is 11.0. The fourth-order valence-corrected chi connectivity index (χ4v) is 4.03. The van der Waals surface area contributed by atoms with Gasteiger partial charge in [0.2, 0.25) is 5.95 Å². The van der Waals surface area contributed by atoms with Crippen molar-refractivity contribution in [2.45, 2.75) is 12.6 Å². The molecule has 1 aliphatic rings. The molecule has 0 spiro atoms. The predicted molar refractivity (Wildman–Crippen MR) is 127 cm³/mol. The van der Waals surface area contributed by atoms with Gasteiger partial charge in [-0.05, 0) is 35.4 Å². The Morgan fingerprint density at radius 3 is 2.73 bits per heavy atom. The van der Waals surface area contributed by atoms with Gasteiger partial charge in [-0.1, -0.05) is 48.5 Å². The molecule has 0 bridgehead atoms. The van der Waals surface area contributed by atoms with Crippen molar-refractivity contribution in [3.8, 4) is 5.75 Å². The number of hydrogen-bond donors (Lipinski definition) is 1.